The standard InChI is InChI=1S/C21H25F3N6O2S/c1-14-4-5-18(33-14)12-29(9-8-25-16(3)31)20-28-27-15(2)30(20)11-17-6-7-26-19(10-17)32-13-21(22,23)24/h4-7,10H,8-9,11-13H2,1-3H3,(H,25,31). The average molecular weight is 483 g/mol. The molecular formula is C21H25F3N6O2S. The molecule has 0 bridgehead atoms. The van der Waals surface area contributed by atoms with Gasteiger partial charge in [0.2, 0.25) is 17.7 Å². The first-order valence-corrected chi connectivity index (χ1v) is 11.0. The Hall–Kier alpha value is -3.15. The SMILES string of the molecule is CC(=O)NCCN(Cc1ccc(C)s1)c1nnc(C)n1Cc1ccnc(OCC(F)(F)F)c1. The Morgan fingerprint density at radius 2 is 2.03 bits per heavy atom. The third-order valence-electron chi connectivity index (χ3n) is 4.62. The van der Waals surface area contributed by atoms with E-state index in [1.807, 2.05) is 28.5 Å². The predicted molar refractivity (Wildman–Crippen MR) is 118 cm³/mol. The maximum atomic E-state index is 12.5. The predicted octanol–water partition coefficient (Wildman–Crippen LogP) is 3.48. The van der Waals surface area contributed by atoms with Gasteiger partial charge in [0.15, 0.2) is 6.61 Å². The number of aromatic nitrogens is 4. The van der Waals surface area contributed by atoms with Crippen LogP contribution in [0.15, 0.2) is 30.5 Å². The van der Waals surface area contributed by atoms with Crippen molar-refractivity contribution < 1.29 is 22.7 Å². The zero-order chi connectivity index (χ0) is 24.0. The molecule has 0 atom stereocenters. The van der Waals surface area contributed by atoms with Crippen molar-refractivity contribution in [2.24, 2.45) is 0 Å². The van der Waals surface area contributed by atoms with Crippen molar-refractivity contribution in [1.82, 2.24) is 25.1 Å². The molecule has 3 aromatic heterocycles. The van der Waals surface area contributed by atoms with E-state index in [1.54, 1.807) is 24.3 Å². The molecule has 0 aromatic carbocycles. The fourth-order valence-electron chi connectivity index (χ4n) is 3.13. The van der Waals surface area contributed by atoms with Crippen LogP contribution in [0.25, 0.3) is 0 Å². The third-order valence-corrected chi connectivity index (χ3v) is 5.61. The summed E-state index contributed by atoms with van der Waals surface area (Å²) in [6, 6.07) is 7.26. The molecule has 1 N–H and O–H groups in total. The number of hydrogen-bond acceptors (Lipinski definition) is 7. The van der Waals surface area contributed by atoms with Gasteiger partial charge in [-0.2, -0.15) is 13.2 Å². The molecule has 0 aliphatic carbocycles. The highest BCUT2D eigenvalue weighted by atomic mass is 32.1. The first-order chi connectivity index (χ1) is 15.6. The highest BCUT2D eigenvalue weighted by Crippen LogP contribution is 2.23. The molecule has 0 fully saturated rings. The number of nitrogens with zero attached hydrogens (tertiary/aromatic N) is 5. The zero-order valence-corrected chi connectivity index (χ0v) is 19.3. The molecule has 1 amide bonds. The lowest BCUT2D eigenvalue weighted by Crippen LogP contribution is -2.35. The number of amides is 1. The number of ether oxygens (including phenoxy) is 1. The topological polar surface area (TPSA) is 85.2 Å². The van der Waals surface area contributed by atoms with E-state index < -0.39 is 12.8 Å². The Kier molecular flexibility index (Phi) is 7.90. The van der Waals surface area contributed by atoms with Crippen LogP contribution in [0, 0.1) is 13.8 Å². The normalized spacial score (nSPS) is 11.5. The van der Waals surface area contributed by atoms with E-state index in [0.29, 0.717) is 43.5 Å². The maximum Gasteiger partial charge on any atom is 0.422 e. The molecule has 178 valence electrons. The van der Waals surface area contributed by atoms with Crippen LogP contribution in [0.2, 0.25) is 0 Å². The van der Waals surface area contributed by atoms with Gasteiger partial charge in [-0.15, -0.1) is 21.5 Å². The quantitative estimate of drug-likeness (QED) is 0.476. The summed E-state index contributed by atoms with van der Waals surface area (Å²) in [7, 11) is 0. The van der Waals surface area contributed by atoms with Gasteiger partial charge in [-0.05, 0) is 37.6 Å². The lowest BCUT2D eigenvalue weighted by Gasteiger charge is -2.24. The summed E-state index contributed by atoms with van der Waals surface area (Å²) >= 11 is 1.67. The molecule has 0 unspecified atom stereocenters. The van der Waals surface area contributed by atoms with Crippen LogP contribution in [-0.2, 0) is 17.9 Å². The molecule has 12 heteroatoms. The fraction of sp³-hybridized carbons (Fsp3) is 0.429. The molecule has 3 rings (SSSR count). The van der Waals surface area contributed by atoms with Crippen molar-refractivity contribution in [3.8, 4) is 5.88 Å². The number of alkyl halides is 3. The van der Waals surface area contributed by atoms with E-state index in [-0.39, 0.29) is 11.8 Å². The summed E-state index contributed by atoms with van der Waals surface area (Å²) < 4.78 is 44.0. The first-order valence-electron chi connectivity index (χ1n) is 10.2. The van der Waals surface area contributed by atoms with E-state index in [0.717, 1.165) is 4.88 Å². The Balaban J connectivity index is 1.82. The fourth-order valence-corrected chi connectivity index (χ4v) is 4.04. The molecule has 0 spiro atoms. The van der Waals surface area contributed by atoms with Gasteiger partial charge in [-0.1, -0.05) is 0 Å². The second kappa shape index (κ2) is 10.6. The molecule has 8 nitrogen and oxygen atoms in total. The van der Waals surface area contributed by atoms with Crippen molar-refractivity contribution in [3.63, 3.8) is 0 Å². The van der Waals surface area contributed by atoms with Crippen molar-refractivity contribution >= 4 is 23.2 Å². The Morgan fingerprint density at radius 1 is 1.24 bits per heavy atom. The number of anilines is 1. The van der Waals surface area contributed by atoms with E-state index >= 15 is 0 Å². The minimum absolute atomic E-state index is 0.103. The number of carbonyl (C=O) groups is 1. The number of aryl methyl sites for hydroxylation is 2. The molecule has 0 saturated heterocycles. The van der Waals surface area contributed by atoms with Crippen LogP contribution in [0.5, 0.6) is 5.88 Å². The monoisotopic (exact) mass is 482 g/mol. The number of thiophene rings is 1. The van der Waals surface area contributed by atoms with Crippen molar-refractivity contribution in [2.75, 3.05) is 24.6 Å². The number of nitrogens with one attached hydrogen (secondary N) is 1. The summed E-state index contributed by atoms with van der Waals surface area (Å²) in [6.07, 6.45) is -3.03. The molecule has 0 saturated carbocycles. The maximum absolute atomic E-state index is 12.5. The second-order valence-electron chi connectivity index (χ2n) is 7.46. The smallest absolute Gasteiger partial charge is 0.422 e. The highest BCUT2D eigenvalue weighted by molar-refractivity contribution is 7.11. The van der Waals surface area contributed by atoms with Gasteiger partial charge in [0, 0.05) is 42.0 Å². The Morgan fingerprint density at radius 3 is 2.70 bits per heavy atom. The van der Waals surface area contributed by atoms with Gasteiger partial charge in [-0.25, -0.2) is 4.98 Å². The van der Waals surface area contributed by atoms with E-state index in [4.69, 9.17) is 4.74 Å². The lowest BCUT2D eigenvalue weighted by atomic mass is 10.2. The minimum atomic E-state index is -4.44. The van der Waals surface area contributed by atoms with Gasteiger partial charge < -0.3 is 15.0 Å². The largest absolute Gasteiger partial charge is 0.468 e. The molecule has 3 aromatic rings. The second-order valence-corrected chi connectivity index (χ2v) is 8.83. The van der Waals surface area contributed by atoms with Crippen LogP contribution in [0.1, 0.15) is 28.1 Å². The van der Waals surface area contributed by atoms with Crippen LogP contribution >= 0.6 is 11.3 Å². The van der Waals surface area contributed by atoms with Crippen LogP contribution in [-0.4, -0.2) is 51.5 Å². The van der Waals surface area contributed by atoms with Gasteiger partial charge in [0.25, 0.3) is 0 Å². The van der Waals surface area contributed by atoms with Crippen molar-refractivity contribution in [1.29, 1.82) is 0 Å². The van der Waals surface area contributed by atoms with Gasteiger partial charge >= 0.3 is 6.18 Å². The summed E-state index contributed by atoms with van der Waals surface area (Å²) in [6.45, 7) is 5.72. The zero-order valence-electron chi connectivity index (χ0n) is 18.5. The molecule has 33 heavy (non-hydrogen) atoms. The average Bonchev–Trinajstić information content (AvgIpc) is 3.31. The third kappa shape index (κ3) is 7.45. The highest BCUT2D eigenvalue weighted by Gasteiger charge is 2.28. The van der Waals surface area contributed by atoms with Gasteiger partial charge in [0.1, 0.15) is 5.82 Å². The molecule has 3 heterocycles. The minimum Gasteiger partial charge on any atom is -0.468 e. The van der Waals surface area contributed by atoms with E-state index in [9.17, 15) is 18.0 Å². The number of carbonyl (C=O) groups excluding carboxylic acids is 1. The summed E-state index contributed by atoms with van der Waals surface area (Å²) in [5, 5.41) is 11.3. The summed E-state index contributed by atoms with van der Waals surface area (Å²) in [5.74, 6) is 1.02. The van der Waals surface area contributed by atoms with Crippen LogP contribution < -0.4 is 15.0 Å². The number of rotatable bonds is 10. The van der Waals surface area contributed by atoms with Gasteiger partial charge in [-0.3, -0.25) is 9.36 Å². The van der Waals surface area contributed by atoms with Crippen LogP contribution in [0.3, 0.4) is 0 Å². The van der Waals surface area contributed by atoms with E-state index in [1.165, 1.54) is 24.1 Å². The Bertz CT molecular complexity index is 1080. The number of hydrogen-bond donors (Lipinski definition) is 1. The first kappa shape index (κ1) is 24.5. The lowest BCUT2D eigenvalue weighted by molar-refractivity contribution is -0.154. The van der Waals surface area contributed by atoms with E-state index in [2.05, 4.69) is 20.5 Å². The number of pyridine rings is 1. The Labute approximate surface area is 193 Å². The van der Waals surface area contributed by atoms with Crippen LogP contribution in [0.4, 0.5) is 19.1 Å². The van der Waals surface area contributed by atoms with Crippen molar-refractivity contribution in [2.45, 2.75) is 40.0 Å². The molecule has 0 aliphatic rings. The molecule has 0 radical (unpaired) electrons. The number of halogens is 3. The molecule has 0 aliphatic heterocycles. The summed E-state index contributed by atoms with van der Waals surface area (Å²) in [5.41, 5.74) is 0.695. The van der Waals surface area contributed by atoms with Crippen molar-refractivity contribution in [3.05, 3.63) is 51.6 Å². The molecular weight excluding hydrogens is 457 g/mol. The van der Waals surface area contributed by atoms with Gasteiger partial charge in [0.05, 0.1) is 13.1 Å². The summed E-state index contributed by atoms with van der Waals surface area (Å²) in [4.78, 5) is 19.5.